The van der Waals surface area contributed by atoms with Crippen molar-refractivity contribution in [1.82, 2.24) is 15.2 Å². The third kappa shape index (κ3) is 4.17. The summed E-state index contributed by atoms with van der Waals surface area (Å²) in [5.41, 5.74) is 1.01. The lowest BCUT2D eigenvalue weighted by Gasteiger charge is -1.98. The van der Waals surface area contributed by atoms with Gasteiger partial charge in [0.05, 0.1) is 6.42 Å². The normalized spacial score (nSPS) is 10.6. The fraction of sp³-hybridized carbons (Fsp3) is 0.308. The summed E-state index contributed by atoms with van der Waals surface area (Å²) in [5, 5.41) is 15.3. The molecule has 0 amide bonds. The van der Waals surface area contributed by atoms with Crippen molar-refractivity contribution in [2.45, 2.75) is 25.7 Å². The van der Waals surface area contributed by atoms with Crippen LogP contribution in [0.2, 0.25) is 0 Å². The van der Waals surface area contributed by atoms with E-state index in [1.807, 2.05) is 0 Å². The first kappa shape index (κ1) is 13.2. The molecular formula is C13H14FN3O2. The molecule has 0 radical (unpaired) electrons. The van der Waals surface area contributed by atoms with Gasteiger partial charge in [-0.2, -0.15) is 5.10 Å². The molecule has 0 bridgehead atoms. The van der Waals surface area contributed by atoms with Crippen LogP contribution < -0.4 is 0 Å². The Morgan fingerprint density at radius 1 is 1.21 bits per heavy atom. The summed E-state index contributed by atoms with van der Waals surface area (Å²) in [6.45, 7) is 0. The van der Waals surface area contributed by atoms with Crippen LogP contribution >= 0.6 is 0 Å². The van der Waals surface area contributed by atoms with E-state index in [4.69, 9.17) is 5.11 Å². The molecule has 1 heterocycles. The zero-order valence-corrected chi connectivity index (χ0v) is 10.3. The number of aryl methyl sites for hydroxylation is 3. The Bertz CT molecular complexity index is 551. The molecule has 6 heteroatoms. The van der Waals surface area contributed by atoms with Gasteiger partial charge >= 0.3 is 5.97 Å². The van der Waals surface area contributed by atoms with Gasteiger partial charge in [0.25, 0.3) is 0 Å². The second-order valence-corrected chi connectivity index (χ2v) is 4.22. The summed E-state index contributed by atoms with van der Waals surface area (Å²) < 4.78 is 12.7. The topological polar surface area (TPSA) is 78.9 Å². The second-order valence-electron chi connectivity index (χ2n) is 4.22. The van der Waals surface area contributed by atoms with E-state index >= 15 is 0 Å². The SMILES string of the molecule is O=C(O)CCc1nc(CCc2ccc(F)cc2)n[nH]1. The molecule has 0 aliphatic carbocycles. The second kappa shape index (κ2) is 6.08. The van der Waals surface area contributed by atoms with E-state index in [2.05, 4.69) is 15.2 Å². The van der Waals surface area contributed by atoms with Gasteiger partial charge in [0, 0.05) is 12.8 Å². The molecule has 0 fully saturated rings. The van der Waals surface area contributed by atoms with Gasteiger partial charge in [-0.25, -0.2) is 9.37 Å². The number of benzene rings is 1. The van der Waals surface area contributed by atoms with E-state index < -0.39 is 5.97 Å². The summed E-state index contributed by atoms with van der Waals surface area (Å²) in [5.74, 6) is 0.114. The van der Waals surface area contributed by atoms with Crippen molar-refractivity contribution in [2.24, 2.45) is 0 Å². The average Bonchev–Trinajstić information content (AvgIpc) is 2.84. The largest absolute Gasteiger partial charge is 0.481 e. The molecule has 0 saturated carbocycles. The number of nitrogens with zero attached hydrogens (tertiary/aromatic N) is 2. The van der Waals surface area contributed by atoms with E-state index in [1.54, 1.807) is 12.1 Å². The zero-order valence-electron chi connectivity index (χ0n) is 10.3. The highest BCUT2D eigenvalue weighted by atomic mass is 19.1. The molecule has 100 valence electrons. The van der Waals surface area contributed by atoms with Crippen LogP contribution in [0.25, 0.3) is 0 Å². The highest BCUT2D eigenvalue weighted by Gasteiger charge is 2.06. The predicted octanol–water partition coefficient (Wildman–Crippen LogP) is 1.75. The average molecular weight is 263 g/mol. The van der Waals surface area contributed by atoms with Crippen LogP contribution in [0.5, 0.6) is 0 Å². The van der Waals surface area contributed by atoms with E-state index in [-0.39, 0.29) is 12.2 Å². The number of hydrogen-bond donors (Lipinski definition) is 2. The summed E-state index contributed by atoms with van der Waals surface area (Å²) >= 11 is 0. The number of carboxylic acid groups (broad SMARTS) is 1. The Hall–Kier alpha value is -2.24. The van der Waals surface area contributed by atoms with E-state index in [9.17, 15) is 9.18 Å². The molecule has 0 aliphatic rings. The van der Waals surface area contributed by atoms with Crippen molar-refractivity contribution in [3.05, 3.63) is 47.3 Å². The van der Waals surface area contributed by atoms with Crippen molar-refractivity contribution in [3.8, 4) is 0 Å². The third-order valence-electron chi connectivity index (χ3n) is 2.70. The standard InChI is InChI=1S/C13H14FN3O2/c14-10-4-1-9(2-5-10)3-6-11-15-12(17-16-11)7-8-13(18)19/h1-2,4-5H,3,6-8H2,(H,18,19)(H,15,16,17). The van der Waals surface area contributed by atoms with E-state index in [1.165, 1.54) is 12.1 Å². The van der Waals surface area contributed by atoms with Gasteiger partial charge in [-0.1, -0.05) is 12.1 Å². The number of carboxylic acids is 1. The number of carbonyl (C=O) groups is 1. The van der Waals surface area contributed by atoms with Crippen molar-refractivity contribution in [3.63, 3.8) is 0 Å². The number of hydrogen-bond acceptors (Lipinski definition) is 3. The van der Waals surface area contributed by atoms with Gasteiger partial charge < -0.3 is 5.11 Å². The number of aromatic amines is 1. The molecule has 1 aromatic heterocycles. The highest BCUT2D eigenvalue weighted by molar-refractivity contribution is 5.66. The van der Waals surface area contributed by atoms with E-state index in [0.717, 1.165) is 12.0 Å². The van der Waals surface area contributed by atoms with Crippen molar-refractivity contribution < 1.29 is 14.3 Å². The molecule has 1 aromatic carbocycles. The number of halogens is 1. The summed E-state index contributed by atoms with van der Waals surface area (Å²) in [6, 6.07) is 6.30. The third-order valence-corrected chi connectivity index (χ3v) is 2.70. The number of aliphatic carboxylic acids is 1. The van der Waals surface area contributed by atoms with Crippen LogP contribution in [0.3, 0.4) is 0 Å². The van der Waals surface area contributed by atoms with Crippen LogP contribution in [0.15, 0.2) is 24.3 Å². The molecule has 0 atom stereocenters. The number of aromatic nitrogens is 3. The maximum atomic E-state index is 12.7. The first-order valence-corrected chi connectivity index (χ1v) is 6.00. The lowest BCUT2D eigenvalue weighted by molar-refractivity contribution is -0.137. The van der Waals surface area contributed by atoms with Gasteiger partial charge in [-0.3, -0.25) is 9.89 Å². The summed E-state index contributed by atoms with van der Waals surface area (Å²) in [7, 11) is 0. The fourth-order valence-electron chi connectivity index (χ4n) is 1.69. The Labute approximate surface area is 109 Å². The number of H-pyrrole nitrogens is 1. The first-order valence-electron chi connectivity index (χ1n) is 6.00. The molecule has 2 aromatic rings. The first-order chi connectivity index (χ1) is 9.13. The Morgan fingerprint density at radius 2 is 1.95 bits per heavy atom. The molecule has 0 spiro atoms. The molecule has 2 N–H and O–H groups in total. The van der Waals surface area contributed by atoms with Gasteiger partial charge in [-0.05, 0) is 24.1 Å². The summed E-state index contributed by atoms with van der Waals surface area (Å²) in [6.07, 6.45) is 1.73. The van der Waals surface area contributed by atoms with Crippen LogP contribution in [-0.4, -0.2) is 26.3 Å². The lowest BCUT2D eigenvalue weighted by atomic mass is 10.1. The zero-order chi connectivity index (χ0) is 13.7. The van der Waals surface area contributed by atoms with Gasteiger partial charge in [0.2, 0.25) is 0 Å². The van der Waals surface area contributed by atoms with Crippen LogP contribution in [0.1, 0.15) is 23.6 Å². The van der Waals surface area contributed by atoms with E-state index in [0.29, 0.717) is 24.5 Å². The predicted molar refractivity (Wildman–Crippen MR) is 66.1 cm³/mol. The maximum absolute atomic E-state index is 12.7. The van der Waals surface area contributed by atoms with Crippen LogP contribution in [0.4, 0.5) is 4.39 Å². The molecule has 19 heavy (non-hydrogen) atoms. The minimum atomic E-state index is -0.857. The van der Waals surface area contributed by atoms with Crippen LogP contribution in [0, 0.1) is 5.82 Å². The molecule has 5 nitrogen and oxygen atoms in total. The van der Waals surface area contributed by atoms with Crippen molar-refractivity contribution >= 4 is 5.97 Å². The molecule has 2 rings (SSSR count). The van der Waals surface area contributed by atoms with Crippen molar-refractivity contribution in [2.75, 3.05) is 0 Å². The molecule has 0 aliphatic heterocycles. The summed E-state index contributed by atoms with van der Waals surface area (Å²) in [4.78, 5) is 14.6. The molecule has 0 unspecified atom stereocenters. The maximum Gasteiger partial charge on any atom is 0.303 e. The Balaban J connectivity index is 1.86. The Morgan fingerprint density at radius 3 is 2.63 bits per heavy atom. The molecule has 0 saturated heterocycles. The van der Waals surface area contributed by atoms with Gasteiger partial charge in [0.1, 0.15) is 11.6 Å². The van der Waals surface area contributed by atoms with Crippen molar-refractivity contribution in [1.29, 1.82) is 0 Å². The van der Waals surface area contributed by atoms with Gasteiger partial charge in [-0.15, -0.1) is 0 Å². The number of nitrogens with one attached hydrogen (secondary N) is 1. The highest BCUT2D eigenvalue weighted by Crippen LogP contribution is 2.06. The quantitative estimate of drug-likeness (QED) is 0.832. The fourth-order valence-corrected chi connectivity index (χ4v) is 1.69. The molecular weight excluding hydrogens is 249 g/mol. The van der Waals surface area contributed by atoms with Crippen LogP contribution in [-0.2, 0) is 24.1 Å². The minimum absolute atomic E-state index is 0.0343. The monoisotopic (exact) mass is 263 g/mol. The Kier molecular flexibility index (Phi) is 4.22. The minimum Gasteiger partial charge on any atom is -0.481 e. The van der Waals surface area contributed by atoms with Gasteiger partial charge in [0.15, 0.2) is 5.82 Å². The smallest absolute Gasteiger partial charge is 0.303 e. The lowest BCUT2D eigenvalue weighted by Crippen LogP contribution is -1.99. The number of rotatable bonds is 6.